The Labute approximate surface area is 117 Å². The minimum Gasteiger partial charge on any atom is -0.374 e. The monoisotopic (exact) mass is 271 g/mol. The molecule has 5 nitrogen and oxygen atoms in total. The van der Waals surface area contributed by atoms with Gasteiger partial charge < -0.3 is 15.4 Å². The fourth-order valence-electron chi connectivity index (χ4n) is 2.32. The second kappa shape index (κ2) is 6.68. The molecular formula is C14H29N3O2. The number of amides is 1. The topological polar surface area (TPSA) is 53.6 Å². The molecule has 19 heavy (non-hydrogen) atoms. The van der Waals surface area contributed by atoms with Crippen molar-refractivity contribution in [2.24, 2.45) is 0 Å². The number of carbonyl (C=O) groups excluding carboxylic acids is 1. The van der Waals surface area contributed by atoms with Crippen LogP contribution in [0.5, 0.6) is 0 Å². The van der Waals surface area contributed by atoms with E-state index in [4.69, 9.17) is 4.74 Å². The van der Waals surface area contributed by atoms with E-state index >= 15 is 0 Å². The number of carbonyl (C=O) groups is 1. The van der Waals surface area contributed by atoms with Crippen LogP contribution in [0.25, 0.3) is 0 Å². The van der Waals surface area contributed by atoms with Gasteiger partial charge in [-0.25, -0.2) is 0 Å². The highest BCUT2D eigenvalue weighted by molar-refractivity contribution is 5.85. The molecule has 0 atom stereocenters. The van der Waals surface area contributed by atoms with Crippen molar-refractivity contribution < 1.29 is 9.53 Å². The lowest BCUT2D eigenvalue weighted by Crippen LogP contribution is -2.61. The lowest BCUT2D eigenvalue weighted by atomic mass is 9.99. The number of nitrogens with one attached hydrogen (secondary N) is 2. The molecule has 0 bridgehead atoms. The Bertz CT molecular complexity index is 297. The van der Waals surface area contributed by atoms with Gasteiger partial charge in [-0.05, 0) is 34.6 Å². The molecule has 0 aromatic rings. The van der Waals surface area contributed by atoms with Crippen molar-refractivity contribution in [2.75, 3.05) is 39.3 Å². The highest BCUT2D eigenvalue weighted by atomic mass is 16.5. The zero-order chi connectivity index (χ0) is 14.5. The number of piperazine rings is 1. The van der Waals surface area contributed by atoms with Crippen molar-refractivity contribution >= 4 is 5.91 Å². The third-order valence-corrected chi connectivity index (χ3v) is 3.67. The van der Waals surface area contributed by atoms with Crippen LogP contribution in [0.15, 0.2) is 0 Å². The largest absolute Gasteiger partial charge is 0.374 e. The van der Waals surface area contributed by atoms with Gasteiger partial charge in [0.1, 0.15) is 0 Å². The number of ether oxygens (including phenoxy) is 1. The molecule has 0 aromatic heterocycles. The Kier molecular flexibility index (Phi) is 5.77. The van der Waals surface area contributed by atoms with Gasteiger partial charge in [0, 0.05) is 39.3 Å². The first-order valence-electron chi connectivity index (χ1n) is 7.17. The van der Waals surface area contributed by atoms with E-state index < -0.39 is 5.54 Å². The maximum Gasteiger partial charge on any atom is 0.240 e. The van der Waals surface area contributed by atoms with Crippen molar-refractivity contribution in [1.82, 2.24) is 15.5 Å². The summed E-state index contributed by atoms with van der Waals surface area (Å²) in [5.74, 6) is 0.0715. The molecular weight excluding hydrogens is 242 g/mol. The summed E-state index contributed by atoms with van der Waals surface area (Å²) in [6.45, 7) is 14.8. The van der Waals surface area contributed by atoms with Crippen LogP contribution in [-0.2, 0) is 9.53 Å². The van der Waals surface area contributed by atoms with Crippen molar-refractivity contribution in [3.05, 3.63) is 0 Å². The first-order chi connectivity index (χ1) is 8.79. The van der Waals surface area contributed by atoms with Crippen LogP contribution >= 0.6 is 0 Å². The van der Waals surface area contributed by atoms with Crippen LogP contribution in [0.4, 0.5) is 0 Å². The highest BCUT2D eigenvalue weighted by Gasteiger charge is 2.35. The first-order valence-corrected chi connectivity index (χ1v) is 7.17. The van der Waals surface area contributed by atoms with Gasteiger partial charge in [0.25, 0.3) is 0 Å². The van der Waals surface area contributed by atoms with E-state index in [9.17, 15) is 4.79 Å². The summed E-state index contributed by atoms with van der Waals surface area (Å²) >= 11 is 0. The van der Waals surface area contributed by atoms with E-state index in [0.29, 0.717) is 13.2 Å². The molecule has 0 radical (unpaired) electrons. The van der Waals surface area contributed by atoms with Gasteiger partial charge in [-0.2, -0.15) is 0 Å². The van der Waals surface area contributed by atoms with E-state index in [0.717, 1.165) is 26.2 Å². The SMILES string of the molecule is CCOC(C)(C)CNC(=O)C(C)(C)N1CCNCC1. The molecule has 1 fully saturated rings. The van der Waals surface area contributed by atoms with E-state index in [1.165, 1.54) is 0 Å². The minimum atomic E-state index is -0.468. The fraction of sp³-hybridized carbons (Fsp3) is 0.929. The molecule has 2 N–H and O–H groups in total. The van der Waals surface area contributed by atoms with E-state index in [2.05, 4.69) is 15.5 Å². The summed E-state index contributed by atoms with van der Waals surface area (Å²) in [7, 11) is 0. The zero-order valence-electron chi connectivity index (χ0n) is 13.0. The third kappa shape index (κ3) is 4.75. The van der Waals surface area contributed by atoms with E-state index in [1.807, 2.05) is 34.6 Å². The predicted molar refractivity (Wildman–Crippen MR) is 77.2 cm³/mol. The Morgan fingerprint density at radius 3 is 2.37 bits per heavy atom. The Hall–Kier alpha value is -0.650. The predicted octanol–water partition coefficient (Wildman–Crippen LogP) is 0.602. The average Bonchev–Trinajstić information content (AvgIpc) is 2.37. The maximum absolute atomic E-state index is 12.4. The van der Waals surface area contributed by atoms with Crippen molar-refractivity contribution in [3.63, 3.8) is 0 Å². The third-order valence-electron chi connectivity index (χ3n) is 3.67. The van der Waals surface area contributed by atoms with Crippen molar-refractivity contribution in [2.45, 2.75) is 45.8 Å². The zero-order valence-corrected chi connectivity index (χ0v) is 13.0. The van der Waals surface area contributed by atoms with Crippen LogP contribution < -0.4 is 10.6 Å². The Morgan fingerprint density at radius 1 is 1.26 bits per heavy atom. The summed E-state index contributed by atoms with van der Waals surface area (Å²) < 4.78 is 5.60. The van der Waals surface area contributed by atoms with Gasteiger partial charge in [-0.15, -0.1) is 0 Å². The summed E-state index contributed by atoms with van der Waals surface area (Å²) in [6.07, 6.45) is 0. The molecule has 0 aromatic carbocycles. The van der Waals surface area contributed by atoms with E-state index in [-0.39, 0.29) is 11.5 Å². The number of hydrogen-bond acceptors (Lipinski definition) is 4. The average molecular weight is 271 g/mol. The second-order valence-corrected chi connectivity index (χ2v) is 6.17. The normalized spacial score (nSPS) is 18.4. The smallest absolute Gasteiger partial charge is 0.240 e. The van der Waals surface area contributed by atoms with Gasteiger partial charge in [0.15, 0.2) is 0 Å². The van der Waals surface area contributed by atoms with Crippen LogP contribution in [0.2, 0.25) is 0 Å². The van der Waals surface area contributed by atoms with Crippen molar-refractivity contribution in [3.8, 4) is 0 Å². The minimum absolute atomic E-state index is 0.0715. The number of rotatable bonds is 6. The molecule has 1 aliphatic rings. The van der Waals surface area contributed by atoms with Crippen LogP contribution in [0, 0.1) is 0 Å². The molecule has 0 aliphatic carbocycles. The lowest BCUT2D eigenvalue weighted by Gasteiger charge is -2.40. The summed E-state index contributed by atoms with van der Waals surface area (Å²) in [6, 6.07) is 0. The maximum atomic E-state index is 12.4. The number of nitrogens with zero attached hydrogens (tertiary/aromatic N) is 1. The quantitative estimate of drug-likeness (QED) is 0.743. The fourth-order valence-corrected chi connectivity index (χ4v) is 2.32. The first kappa shape index (κ1) is 16.4. The van der Waals surface area contributed by atoms with Crippen LogP contribution in [0.1, 0.15) is 34.6 Å². The molecule has 1 amide bonds. The van der Waals surface area contributed by atoms with Gasteiger partial charge >= 0.3 is 0 Å². The van der Waals surface area contributed by atoms with Crippen LogP contribution in [0.3, 0.4) is 0 Å². The van der Waals surface area contributed by atoms with Gasteiger partial charge in [-0.1, -0.05) is 0 Å². The molecule has 1 rings (SSSR count). The van der Waals surface area contributed by atoms with Gasteiger partial charge in [0.2, 0.25) is 5.91 Å². The molecule has 0 unspecified atom stereocenters. The number of hydrogen-bond donors (Lipinski definition) is 2. The van der Waals surface area contributed by atoms with Crippen molar-refractivity contribution in [1.29, 1.82) is 0 Å². The molecule has 1 heterocycles. The highest BCUT2D eigenvalue weighted by Crippen LogP contribution is 2.16. The second-order valence-electron chi connectivity index (χ2n) is 6.17. The standard InChI is InChI=1S/C14H29N3O2/c1-6-19-13(2,3)11-16-12(18)14(4,5)17-9-7-15-8-10-17/h15H,6-11H2,1-5H3,(H,16,18). The van der Waals surface area contributed by atoms with Gasteiger partial charge in [-0.3, -0.25) is 9.69 Å². The molecule has 112 valence electrons. The molecule has 1 saturated heterocycles. The molecule has 1 aliphatic heterocycles. The molecule has 0 saturated carbocycles. The molecule has 0 spiro atoms. The summed E-state index contributed by atoms with van der Waals surface area (Å²) in [5, 5.41) is 6.32. The molecule has 5 heteroatoms. The summed E-state index contributed by atoms with van der Waals surface area (Å²) in [4.78, 5) is 14.6. The van der Waals surface area contributed by atoms with Crippen LogP contribution in [-0.4, -0.2) is 61.3 Å². The lowest BCUT2D eigenvalue weighted by molar-refractivity contribution is -0.133. The Morgan fingerprint density at radius 2 is 1.84 bits per heavy atom. The Balaban J connectivity index is 2.51. The van der Waals surface area contributed by atoms with Gasteiger partial charge in [0.05, 0.1) is 11.1 Å². The van der Waals surface area contributed by atoms with E-state index in [1.54, 1.807) is 0 Å². The summed E-state index contributed by atoms with van der Waals surface area (Å²) in [5.41, 5.74) is -0.783.